The number of ether oxygens (including phenoxy) is 1. The number of nitrogen functional groups attached to an aromatic ring is 1. The number of hydrazine groups is 1. The number of nitrogens with one attached hydrogen (secondary N) is 2. The summed E-state index contributed by atoms with van der Waals surface area (Å²) in [5.74, 6) is 6.64. The molecule has 0 aromatic carbocycles. The zero-order valence-corrected chi connectivity index (χ0v) is 11.5. The summed E-state index contributed by atoms with van der Waals surface area (Å²) in [6.07, 6.45) is 2.47. The Morgan fingerprint density at radius 2 is 2.42 bits per heavy atom. The first kappa shape index (κ1) is 12.6. The van der Waals surface area contributed by atoms with Crippen molar-refractivity contribution in [2.45, 2.75) is 31.9 Å². The van der Waals surface area contributed by atoms with Crippen LogP contribution in [0.4, 0.5) is 11.8 Å². The molecular weight excluding hydrogens is 262 g/mol. The van der Waals surface area contributed by atoms with Crippen LogP contribution in [-0.4, -0.2) is 28.7 Å². The average Bonchev–Trinajstić information content (AvgIpc) is 3.09. The summed E-state index contributed by atoms with van der Waals surface area (Å²) in [5, 5.41) is 6.45. The largest absolute Gasteiger partial charge is 0.376 e. The van der Waals surface area contributed by atoms with Crippen LogP contribution in [-0.2, 0) is 4.74 Å². The summed E-state index contributed by atoms with van der Waals surface area (Å²) in [6, 6.07) is 2.23. The molecule has 6 nitrogen and oxygen atoms in total. The molecule has 0 radical (unpaired) electrons. The number of thiophene rings is 1. The Kier molecular flexibility index (Phi) is 3.50. The molecule has 1 aliphatic rings. The minimum atomic E-state index is 0.214. The predicted molar refractivity (Wildman–Crippen MR) is 77.3 cm³/mol. The van der Waals surface area contributed by atoms with E-state index in [0.717, 1.165) is 35.5 Å². The van der Waals surface area contributed by atoms with E-state index in [4.69, 9.17) is 10.6 Å². The first-order valence-corrected chi connectivity index (χ1v) is 7.26. The molecule has 19 heavy (non-hydrogen) atoms. The van der Waals surface area contributed by atoms with Gasteiger partial charge in [-0.1, -0.05) is 0 Å². The van der Waals surface area contributed by atoms with Gasteiger partial charge in [0, 0.05) is 6.61 Å². The molecule has 2 aromatic rings. The highest BCUT2D eigenvalue weighted by molar-refractivity contribution is 7.16. The van der Waals surface area contributed by atoms with E-state index in [9.17, 15) is 0 Å². The van der Waals surface area contributed by atoms with E-state index in [2.05, 4.69) is 27.6 Å². The molecule has 0 aliphatic carbocycles. The van der Waals surface area contributed by atoms with Crippen LogP contribution in [0.2, 0.25) is 0 Å². The van der Waals surface area contributed by atoms with E-state index in [0.29, 0.717) is 5.95 Å². The number of hydrogen-bond donors (Lipinski definition) is 3. The molecular formula is C12H17N5OS. The lowest BCUT2D eigenvalue weighted by Gasteiger charge is -2.21. The Bertz CT molecular complexity index is 566. The summed E-state index contributed by atoms with van der Waals surface area (Å²) < 4.78 is 5.69. The topological polar surface area (TPSA) is 85.1 Å². The minimum absolute atomic E-state index is 0.214. The van der Waals surface area contributed by atoms with Gasteiger partial charge in [0.15, 0.2) is 0 Å². The zero-order chi connectivity index (χ0) is 13.2. The van der Waals surface area contributed by atoms with Gasteiger partial charge in [-0.15, -0.1) is 11.3 Å². The molecule has 0 saturated carbocycles. The van der Waals surface area contributed by atoms with Crippen LogP contribution in [0.1, 0.15) is 19.8 Å². The second kappa shape index (κ2) is 5.28. The summed E-state index contributed by atoms with van der Waals surface area (Å²) in [7, 11) is 0. The third-order valence-corrected chi connectivity index (χ3v) is 4.15. The van der Waals surface area contributed by atoms with Crippen molar-refractivity contribution in [2.75, 3.05) is 17.3 Å². The second-order valence-electron chi connectivity index (χ2n) is 4.66. The Hall–Kier alpha value is -1.44. The molecule has 2 aromatic heterocycles. The summed E-state index contributed by atoms with van der Waals surface area (Å²) >= 11 is 1.57. The van der Waals surface area contributed by atoms with Gasteiger partial charge in [-0.2, -0.15) is 4.98 Å². The Morgan fingerprint density at radius 3 is 3.16 bits per heavy atom. The third kappa shape index (κ3) is 2.49. The van der Waals surface area contributed by atoms with E-state index < -0.39 is 0 Å². The second-order valence-corrected chi connectivity index (χ2v) is 5.56. The fraction of sp³-hybridized carbons (Fsp3) is 0.500. The summed E-state index contributed by atoms with van der Waals surface area (Å²) in [4.78, 5) is 9.64. The fourth-order valence-electron chi connectivity index (χ4n) is 2.34. The van der Waals surface area contributed by atoms with Gasteiger partial charge in [0.1, 0.15) is 10.6 Å². The van der Waals surface area contributed by atoms with Crippen molar-refractivity contribution in [3.63, 3.8) is 0 Å². The molecule has 0 amide bonds. The highest BCUT2D eigenvalue weighted by Gasteiger charge is 2.23. The Labute approximate surface area is 115 Å². The molecule has 2 atom stereocenters. The Morgan fingerprint density at radius 1 is 1.53 bits per heavy atom. The lowest BCUT2D eigenvalue weighted by molar-refractivity contribution is 0.0996. The number of fused-ring (bicyclic) bond motifs is 1. The normalized spacial score (nSPS) is 20.6. The molecule has 3 rings (SSSR count). The van der Waals surface area contributed by atoms with Crippen LogP contribution in [0.15, 0.2) is 11.4 Å². The van der Waals surface area contributed by atoms with Crippen LogP contribution < -0.4 is 16.6 Å². The highest BCUT2D eigenvalue weighted by atomic mass is 32.1. The molecule has 3 heterocycles. The average molecular weight is 279 g/mol. The van der Waals surface area contributed by atoms with Crippen molar-refractivity contribution in [2.24, 2.45) is 5.84 Å². The first-order chi connectivity index (χ1) is 9.28. The molecule has 1 aliphatic heterocycles. The number of nitrogens with zero attached hydrogens (tertiary/aromatic N) is 2. The third-order valence-electron chi connectivity index (χ3n) is 3.34. The van der Waals surface area contributed by atoms with Crippen molar-refractivity contribution in [1.82, 2.24) is 9.97 Å². The van der Waals surface area contributed by atoms with Crippen molar-refractivity contribution in [3.8, 4) is 0 Å². The van der Waals surface area contributed by atoms with E-state index in [-0.39, 0.29) is 12.1 Å². The SMILES string of the molecule is CC(Nc1nc(NN)nc2sccc12)C1CCCO1. The zero-order valence-electron chi connectivity index (χ0n) is 10.7. The van der Waals surface area contributed by atoms with Crippen molar-refractivity contribution in [1.29, 1.82) is 0 Å². The summed E-state index contributed by atoms with van der Waals surface area (Å²) in [6.45, 7) is 2.97. The quantitative estimate of drug-likeness (QED) is 0.586. The number of hydrogen-bond acceptors (Lipinski definition) is 7. The van der Waals surface area contributed by atoms with Gasteiger partial charge < -0.3 is 10.1 Å². The smallest absolute Gasteiger partial charge is 0.240 e. The maximum atomic E-state index is 5.69. The first-order valence-electron chi connectivity index (χ1n) is 6.38. The maximum Gasteiger partial charge on any atom is 0.240 e. The van der Waals surface area contributed by atoms with Gasteiger partial charge in [0.2, 0.25) is 5.95 Å². The monoisotopic (exact) mass is 279 g/mol. The van der Waals surface area contributed by atoms with E-state index in [1.807, 2.05) is 11.4 Å². The van der Waals surface area contributed by atoms with Crippen LogP contribution >= 0.6 is 11.3 Å². The van der Waals surface area contributed by atoms with Crippen molar-refractivity contribution < 1.29 is 4.74 Å². The lowest BCUT2D eigenvalue weighted by Crippen LogP contribution is -2.30. The molecule has 7 heteroatoms. The standard InChI is InChI=1S/C12H17N5OS/c1-7(9-3-2-5-18-9)14-10-8-4-6-19-11(8)16-12(15-10)17-13/h4,6-7,9H,2-3,5,13H2,1H3,(H2,14,15,16,17). The summed E-state index contributed by atoms with van der Waals surface area (Å²) in [5.41, 5.74) is 2.51. The molecule has 1 fully saturated rings. The molecule has 0 spiro atoms. The molecule has 4 N–H and O–H groups in total. The van der Waals surface area contributed by atoms with Crippen molar-refractivity contribution >= 4 is 33.3 Å². The van der Waals surface area contributed by atoms with Crippen LogP contribution in [0, 0.1) is 0 Å². The van der Waals surface area contributed by atoms with Gasteiger partial charge in [-0.05, 0) is 31.2 Å². The van der Waals surface area contributed by atoms with Gasteiger partial charge in [-0.25, -0.2) is 10.8 Å². The number of nitrogens with two attached hydrogens (primary N) is 1. The number of aromatic nitrogens is 2. The number of rotatable bonds is 4. The molecule has 102 valence electrons. The predicted octanol–water partition coefficient (Wildman–Crippen LogP) is 1.96. The van der Waals surface area contributed by atoms with Crippen LogP contribution in [0.3, 0.4) is 0 Å². The fourth-order valence-corrected chi connectivity index (χ4v) is 3.10. The van der Waals surface area contributed by atoms with Gasteiger partial charge in [0.05, 0.1) is 17.5 Å². The minimum Gasteiger partial charge on any atom is -0.376 e. The van der Waals surface area contributed by atoms with Gasteiger partial charge in [-0.3, -0.25) is 5.43 Å². The van der Waals surface area contributed by atoms with E-state index in [1.54, 1.807) is 11.3 Å². The molecule has 0 bridgehead atoms. The van der Waals surface area contributed by atoms with E-state index in [1.165, 1.54) is 0 Å². The van der Waals surface area contributed by atoms with Gasteiger partial charge >= 0.3 is 0 Å². The number of anilines is 2. The van der Waals surface area contributed by atoms with Crippen molar-refractivity contribution in [3.05, 3.63) is 11.4 Å². The van der Waals surface area contributed by atoms with E-state index >= 15 is 0 Å². The maximum absolute atomic E-state index is 5.69. The lowest BCUT2D eigenvalue weighted by atomic mass is 10.1. The highest BCUT2D eigenvalue weighted by Crippen LogP contribution is 2.28. The molecule has 1 saturated heterocycles. The van der Waals surface area contributed by atoms with Gasteiger partial charge in [0.25, 0.3) is 0 Å². The van der Waals surface area contributed by atoms with Crippen LogP contribution in [0.25, 0.3) is 10.2 Å². The Balaban J connectivity index is 1.88. The van der Waals surface area contributed by atoms with Crippen LogP contribution in [0.5, 0.6) is 0 Å². The molecule has 2 unspecified atom stereocenters.